The Bertz CT molecular complexity index is 328. The first-order valence-electron chi connectivity index (χ1n) is 3.42. The van der Waals surface area contributed by atoms with Gasteiger partial charge in [0.25, 0.3) is 0 Å². The zero-order valence-corrected chi connectivity index (χ0v) is 8.02. The molecule has 13 heavy (non-hydrogen) atoms. The van der Waals surface area contributed by atoms with E-state index in [1.807, 2.05) is 0 Å². The summed E-state index contributed by atoms with van der Waals surface area (Å²) in [6, 6.07) is 4.64. The smallest absolute Gasteiger partial charge is 0.121 e. The molecule has 0 saturated carbocycles. The highest BCUT2D eigenvalue weighted by atomic mass is 35.5. The molecule has 0 fully saturated rings. The summed E-state index contributed by atoms with van der Waals surface area (Å²) < 4.78 is 4.92. The molecular weight excluding hydrogens is 213 g/mol. The van der Waals surface area contributed by atoms with Gasteiger partial charge in [0.05, 0.1) is 10.0 Å². The van der Waals surface area contributed by atoms with Gasteiger partial charge in [0.2, 0.25) is 0 Å². The molecule has 1 aromatic rings. The van der Waals surface area contributed by atoms with Crippen molar-refractivity contribution in [1.29, 1.82) is 5.41 Å². The van der Waals surface area contributed by atoms with Crippen molar-refractivity contribution < 1.29 is 9.84 Å². The Hall–Kier alpha value is -0.930. The molecule has 0 aliphatic carbocycles. The van der Waals surface area contributed by atoms with Gasteiger partial charge in [-0.2, -0.15) is 0 Å². The molecular formula is C8H6Cl2NO2-. The van der Waals surface area contributed by atoms with Gasteiger partial charge in [-0.3, -0.25) is 0 Å². The molecule has 0 aliphatic heterocycles. The van der Waals surface area contributed by atoms with E-state index in [0.717, 1.165) is 0 Å². The van der Waals surface area contributed by atoms with E-state index in [-0.39, 0.29) is 6.61 Å². The standard InChI is InChI=1S/C8H7Cl2NO2/c9-6-2-1-5(3-7(6)10)13-4-8(11)12/h1-3H,4H2,(H2,11,12)/p-1. The molecule has 0 heterocycles. The predicted octanol–water partition coefficient (Wildman–Crippen LogP) is 1.71. The molecule has 3 nitrogen and oxygen atoms in total. The summed E-state index contributed by atoms with van der Waals surface area (Å²) in [4.78, 5) is 0. The fourth-order valence-electron chi connectivity index (χ4n) is 0.716. The number of halogens is 2. The molecule has 0 aromatic heterocycles. The van der Waals surface area contributed by atoms with Gasteiger partial charge in [-0.05, 0) is 18.0 Å². The van der Waals surface area contributed by atoms with Gasteiger partial charge in [0.15, 0.2) is 0 Å². The number of nitrogens with one attached hydrogen (secondary N) is 1. The molecule has 5 heteroatoms. The summed E-state index contributed by atoms with van der Waals surface area (Å²) in [7, 11) is 0. The van der Waals surface area contributed by atoms with Crippen LogP contribution in [0.15, 0.2) is 18.2 Å². The van der Waals surface area contributed by atoms with Crippen molar-refractivity contribution in [3.8, 4) is 5.75 Å². The zero-order valence-electron chi connectivity index (χ0n) is 6.51. The van der Waals surface area contributed by atoms with E-state index < -0.39 is 5.90 Å². The molecule has 0 bridgehead atoms. The van der Waals surface area contributed by atoms with E-state index in [1.54, 1.807) is 12.1 Å². The normalized spacial score (nSPS) is 9.69. The lowest BCUT2D eigenvalue weighted by Gasteiger charge is -2.09. The summed E-state index contributed by atoms with van der Waals surface area (Å²) in [6.45, 7) is -0.280. The van der Waals surface area contributed by atoms with Crippen LogP contribution in [0.2, 0.25) is 10.0 Å². The van der Waals surface area contributed by atoms with Crippen LogP contribution in [0.4, 0.5) is 0 Å². The molecule has 0 aliphatic rings. The van der Waals surface area contributed by atoms with Crippen LogP contribution < -0.4 is 9.84 Å². The first-order chi connectivity index (χ1) is 6.09. The van der Waals surface area contributed by atoms with E-state index in [0.29, 0.717) is 15.8 Å². The van der Waals surface area contributed by atoms with Gasteiger partial charge in [0.1, 0.15) is 12.4 Å². The first kappa shape index (κ1) is 10.2. The van der Waals surface area contributed by atoms with Gasteiger partial charge in [-0.1, -0.05) is 23.2 Å². The number of hydrogen-bond acceptors (Lipinski definition) is 3. The second-order valence-electron chi connectivity index (χ2n) is 2.29. The Morgan fingerprint density at radius 3 is 2.62 bits per heavy atom. The van der Waals surface area contributed by atoms with Crippen LogP contribution in [-0.2, 0) is 0 Å². The maximum absolute atomic E-state index is 10.3. The van der Waals surface area contributed by atoms with Crippen LogP contribution in [-0.4, -0.2) is 12.5 Å². The highest BCUT2D eigenvalue weighted by Crippen LogP contribution is 2.26. The third-order valence-corrected chi connectivity index (χ3v) is 2.00. The van der Waals surface area contributed by atoms with Gasteiger partial charge in [-0.25, -0.2) is 0 Å². The second-order valence-corrected chi connectivity index (χ2v) is 3.10. The molecule has 0 saturated heterocycles. The summed E-state index contributed by atoms with van der Waals surface area (Å²) in [5, 5.41) is 17.6. The van der Waals surface area contributed by atoms with Crippen molar-refractivity contribution in [2.45, 2.75) is 0 Å². The Balaban J connectivity index is 2.68. The number of rotatable bonds is 3. The molecule has 1 N–H and O–H groups in total. The maximum atomic E-state index is 10.3. The van der Waals surface area contributed by atoms with Crippen molar-refractivity contribution >= 4 is 29.1 Å². The van der Waals surface area contributed by atoms with Crippen LogP contribution in [0, 0.1) is 5.41 Å². The van der Waals surface area contributed by atoms with Crippen molar-refractivity contribution in [1.82, 2.24) is 0 Å². The van der Waals surface area contributed by atoms with Crippen molar-refractivity contribution in [3.63, 3.8) is 0 Å². The average Bonchev–Trinajstić information content (AvgIpc) is 2.07. The maximum Gasteiger partial charge on any atom is 0.121 e. The fraction of sp³-hybridized carbons (Fsp3) is 0.125. The lowest BCUT2D eigenvalue weighted by Crippen LogP contribution is -2.23. The van der Waals surface area contributed by atoms with Gasteiger partial charge < -0.3 is 15.3 Å². The Labute approximate surface area is 85.4 Å². The lowest BCUT2D eigenvalue weighted by atomic mass is 10.3. The quantitative estimate of drug-likeness (QED) is 0.621. The van der Waals surface area contributed by atoms with Crippen LogP contribution in [0.25, 0.3) is 0 Å². The first-order valence-corrected chi connectivity index (χ1v) is 4.17. The minimum atomic E-state index is -0.786. The molecule has 0 amide bonds. The predicted molar refractivity (Wildman–Crippen MR) is 49.7 cm³/mol. The third kappa shape index (κ3) is 3.13. The number of ether oxygens (including phenoxy) is 1. The van der Waals surface area contributed by atoms with Crippen LogP contribution >= 0.6 is 23.2 Å². The Kier molecular flexibility index (Phi) is 3.39. The van der Waals surface area contributed by atoms with Gasteiger partial charge in [-0.15, -0.1) is 0 Å². The van der Waals surface area contributed by atoms with Gasteiger partial charge >= 0.3 is 0 Å². The highest BCUT2D eigenvalue weighted by molar-refractivity contribution is 6.42. The molecule has 70 valence electrons. The van der Waals surface area contributed by atoms with E-state index in [4.69, 9.17) is 33.3 Å². The largest absolute Gasteiger partial charge is 0.860 e. The zero-order chi connectivity index (χ0) is 9.84. The van der Waals surface area contributed by atoms with Crippen LogP contribution in [0.5, 0.6) is 5.75 Å². The van der Waals surface area contributed by atoms with E-state index in [1.165, 1.54) is 6.07 Å². The topological polar surface area (TPSA) is 56.1 Å². The summed E-state index contributed by atoms with van der Waals surface area (Å²) in [5.74, 6) is -0.360. The number of hydrogen-bond donors (Lipinski definition) is 1. The molecule has 0 radical (unpaired) electrons. The van der Waals surface area contributed by atoms with Crippen LogP contribution in [0.3, 0.4) is 0 Å². The van der Waals surface area contributed by atoms with Crippen LogP contribution in [0.1, 0.15) is 0 Å². The molecule has 1 rings (SSSR count). The van der Waals surface area contributed by atoms with Crippen molar-refractivity contribution in [3.05, 3.63) is 28.2 Å². The molecule has 0 unspecified atom stereocenters. The van der Waals surface area contributed by atoms with E-state index in [2.05, 4.69) is 0 Å². The van der Waals surface area contributed by atoms with Crippen molar-refractivity contribution in [2.24, 2.45) is 0 Å². The summed E-state index contributed by atoms with van der Waals surface area (Å²) in [6.07, 6.45) is 0. The summed E-state index contributed by atoms with van der Waals surface area (Å²) >= 11 is 11.3. The minimum absolute atomic E-state index is 0.280. The Morgan fingerprint density at radius 1 is 1.38 bits per heavy atom. The monoisotopic (exact) mass is 218 g/mol. The lowest BCUT2D eigenvalue weighted by molar-refractivity contribution is -0.222. The minimum Gasteiger partial charge on any atom is -0.860 e. The number of benzene rings is 1. The highest BCUT2D eigenvalue weighted by Gasteiger charge is 1.99. The molecule has 0 atom stereocenters. The average molecular weight is 219 g/mol. The molecule has 0 spiro atoms. The Morgan fingerprint density at radius 2 is 2.08 bits per heavy atom. The fourth-order valence-corrected chi connectivity index (χ4v) is 1.00. The van der Waals surface area contributed by atoms with E-state index >= 15 is 0 Å². The van der Waals surface area contributed by atoms with Gasteiger partial charge in [0, 0.05) is 6.07 Å². The SMILES string of the molecule is N=C([O-])COc1ccc(Cl)c(Cl)c1. The summed E-state index contributed by atoms with van der Waals surface area (Å²) in [5.41, 5.74) is 0. The van der Waals surface area contributed by atoms with E-state index in [9.17, 15) is 5.11 Å². The third-order valence-electron chi connectivity index (χ3n) is 1.26. The molecule has 1 aromatic carbocycles. The second kappa shape index (κ2) is 4.35. The van der Waals surface area contributed by atoms with Crippen molar-refractivity contribution in [2.75, 3.05) is 6.61 Å².